The first kappa shape index (κ1) is 16.0. The molecule has 3 heterocycles. The Kier molecular flexibility index (Phi) is 4.13. The summed E-state index contributed by atoms with van der Waals surface area (Å²) in [5, 5.41) is 3.36. The van der Waals surface area contributed by atoms with Crippen LogP contribution in [0.4, 0.5) is 5.82 Å². The predicted octanol–water partition coefficient (Wildman–Crippen LogP) is 1.96. The lowest BCUT2D eigenvalue weighted by Gasteiger charge is -2.18. The van der Waals surface area contributed by atoms with Crippen LogP contribution in [0.25, 0.3) is 0 Å². The Hall–Kier alpha value is -2.47. The predicted molar refractivity (Wildman–Crippen MR) is 94.9 cm³/mol. The lowest BCUT2D eigenvalue weighted by Crippen LogP contribution is -2.27. The first-order valence-corrected chi connectivity index (χ1v) is 8.67. The van der Waals surface area contributed by atoms with E-state index in [1.165, 1.54) is 0 Å². The van der Waals surface area contributed by atoms with Gasteiger partial charge in [-0.3, -0.25) is 9.69 Å². The van der Waals surface area contributed by atoms with E-state index in [-0.39, 0.29) is 5.91 Å². The number of methoxy groups -OCH3 is 1. The SMILES string of the molecule is COc1ccc(CN2C(=O)Cc3c(C)nc(C4CCNC4)nc32)cc1. The molecule has 0 bridgehead atoms. The molecule has 2 aromatic rings. The highest BCUT2D eigenvalue weighted by Gasteiger charge is 2.32. The summed E-state index contributed by atoms with van der Waals surface area (Å²) in [5.74, 6) is 2.88. The number of fused-ring (bicyclic) bond motifs is 1. The van der Waals surface area contributed by atoms with E-state index in [0.29, 0.717) is 18.9 Å². The van der Waals surface area contributed by atoms with Crippen LogP contribution in [0.2, 0.25) is 0 Å². The first-order valence-electron chi connectivity index (χ1n) is 8.67. The van der Waals surface area contributed by atoms with Gasteiger partial charge in [0.2, 0.25) is 5.91 Å². The molecule has 1 N–H and O–H groups in total. The van der Waals surface area contributed by atoms with Gasteiger partial charge in [0.1, 0.15) is 17.4 Å². The number of anilines is 1. The van der Waals surface area contributed by atoms with Gasteiger partial charge in [-0.15, -0.1) is 0 Å². The Morgan fingerprint density at radius 1 is 1.28 bits per heavy atom. The van der Waals surface area contributed by atoms with Crippen molar-refractivity contribution in [3.05, 3.63) is 46.9 Å². The average molecular weight is 338 g/mol. The van der Waals surface area contributed by atoms with Gasteiger partial charge >= 0.3 is 0 Å². The molecule has 25 heavy (non-hydrogen) atoms. The molecule has 1 fully saturated rings. The molecule has 0 aliphatic carbocycles. The van der Waals surface area contributed by atoms with Crippen LogP contribution in [0.1, 0.15) is 35.0 Å². The fraction of sp³-hybridized carbons (Fsp3) is 0.421. The van der Waals surface area contributed by atoms with Gasteiger partial charge in [0.15, 0.2) is 0 Å². The number of nitrogens with one attached hydrogen (secondary N) is 1. The topological polar surface area (TPSA) is 67.3 Å². The van der Waals surface area contributed by atoms with Crippen LogP contribution >= 0.6 is 0 Å². The Morgan fingerprint density at radius 3 is 2.76 bits per heavy atom. The third-order valence-electron chi connectivity index (χ3n) is 5.02. The summed E-state index contributed by atoms with van der Waals surface area (Å²) < 4.78 is 5.20. The minimum absolute atomic E-state index is 0.0879. The van der Waals surface area contributed by atoms with Crippen molar-refractivity contribution >= 4 is 11.7 Å². The van der Waals surface area contributed by atoms with Crippen LogP contribution in [-0.2, 0) is 17.8 Å². The molecule has 1 aromatic heterocycles. The van der Waals surface area contributed by atoms with Gasteiger partial charge in [-0.2, -0.15) is 0 Å². The van der Waals surface area contributed by atoms with Crippen molar-refractivity contribution in [2.75, 3.05) is 25.1 Å². The Bertz CT molecular complexity index is 798. The first-order chi connectivity index (χ1) is 12.2. The van der Waals surface area contributed by atoms with Crippen molar-refractivity contribution in [2.24, 2.45) is 0 Å². The van der Waals surface area contributed by atoms with Gasteiger partial charge in [0, 0.05) is 23.7 Å². The summed E-state index contributed by atoms with van der Waals surface area (Å²) in [4.78, 5) is 23.8. The number of hydrogen-bond donors (Lipinski definition) is 1. The summed E-state index contributed by atoms with van der Waals surface area (Å²) in [6.45, 7) is 4.41. The maximum Gasteiger partial charge on any atom is 0.233 e. The van der Waals surface area contributed by atoms with E-state index in [9.17, 15) is 4.79 Å². The molecule has 130 valence electrons. The summed E-state index contributed by atoms with van der Waals surface area (Å²) in [5.41, 5.74) is 2.95. The van der Waals surface area contributed by atoms with E-state index in [4.69, 9.17) is 9.72 Å². The van der Waals surface area contributed by atoms with Crippen molar-refractivity contribution in [1.29, 1.82) is 0 Å². The van der Waals surface area contributed by atoms with Crippen LogP contribution in [0, 0.1) is 6.92 Å². The maximum atomic E-state index is 12.6. The number of rotatable bonds is 4. The van der Waals surface area contributed by atoms with Crippen LogP contribution < -0.4 is 15.0 Å². The van der Waals surface area contributed by atoms with Crippen molar-refractivity contribution in [1.82, 2.24) is 15.3 Å². The maximum absolute atomic E-state index is 12.6. The molecule has 1 unspecified atom stereocenters. The number of amides is 1. The fourth-order valence-corrected chi connectivity index (χ4v) is 3.53. The van der Waals surface area contributed by atoms with Gasteiger partial charge in [-0.1, -0.05) is 12.1 Å². The van der Waals surface area contributed by atoms with Crippen molar-refractivity contribution in [2.45, 2.75) is 32.2 Å². The average Bonchev–Trinajstić information content (AvgIpc) is 3.25. The number of aryl methyl sites for hydroxylation is 1. The molecule has 0 radical (unpaired) electrons. The molecular weight excluding hydrogens is 316 g/mol. The quantitative estimate of drug-likeness (QED) is 0.923. The van der Waals surface area contributed by atoms with Crippen LogP contribution in [0.3, 0.4) is 0 Å². The number of aromatic nitrogens is 2. The Labute approximate surface area is 147 Å². The van der Waals surface area contributed by atoms with Crippen LogP contribution in [0.15, 0.2) is 24.3 Å². The standard InChI is InChI=1S/C19H22N4O2/c1-12-16-9-17(24)23(11-13-3-5-15(25-2)6-4-13)19(16)22-18(21-12)14-7-8-20-10-14/h3-6,14,20H,7-11H2,1-2H3. The highest BCUT2D eigenvalue weighted by molar-refractivity contribution is 6.00. The third-order valence-corrected chi connectivity index (χ3v) is 5.02. The number of hydrogen-bond acceptors (Lipinski definition) is 5. The molecular formula is C19H22N4O2. The van der Waals surface area contributed by atoms with Crippen LogP contribution in [-0.4, -0.2) is 36.1 Å². The van der Waals surface area contributed by atoms with E-state index >= 15 is 0 Å². The largest absolute Gasteiger partial charge is 0.497 e. The van der Waals surface area contributed by atoms with Crippen LogP contribution in [0.5, 0.6) is 5.75 Å². The second-order valence-electron chi connectivity index (χ2n) is 6.66. The number of ether oxygens (including phenoxy) is 1. The van der Waals surface area contributed by atoms with E-state index in [1.807, 2.05) is 31.2 Å². The zero-order valence-electron chi connectivity index (χ0n) is 14.6. The molecule has 6 heteroatoms. The van der Waals surface area contributed by atoms with Crippen molar-refractivity contribution < 1.29 is 9.53 Å². The van der Waals surface area contributed by atoms with E-state index in [1.54, 1.807) is 12.0 Å². The number of nitrogens with zero attached hydrogens (tertiary/aromatic N) is 3. The Morgan fingerprint density at radius 2 is 2.08 bits per heavy atom. The highest BCUT2D eigenvalue weighted by atomic mass is 16.5. The van der Waals surface area contributed by atoms with E-state index in [2.05, 4.69) is 10.3 Å². The highest BCUT2D eigenvalue weighted by Crippen LogP contribution is 2.32. The molecule has 2 aliphatic heterocycles. The second kappa shape index (κ2) is 6.44. The lowest BCUT2D eigenvalue weighted by molar-refractivity contribution is -0.117. The van der Waals surface area contributed by atoms with Gasteiger partial charge in [-0.25, -0.2) is 9.97 Å². The number of carbonyl (C=O) groups is 1. The molecule has 1 amide bonds. The van der Waals surface area contributed by atoms with Gasteiger partial charge in [0.25, 0.3) is 0 Å². The smallest absolute Gasteiger partial charge is 0.233 e. The van der Waals surface area contributed by atoms with E-state index < -0.39 is 0 Å². The van der Waals surface area contributed by atoms with Crippen molar-refractivity contribution in [3.8, 4) is 5.75 Å². The second-order valence-corrected chi connectivity index (χ2v) is 6.66. The van der Waals surface area contributed by atoms with Gasteiger partial charge in [0.05, 0.1) is 20.1 Å². The lowest BCUT2D eigenvalue weighted by atomic mass is 10.1. The summed E-state index contributed by atoms with van der Waals surface area (Å²) >= 11 is 0. The minimum atomic E-state index is 0.0879. The van der Waals surface area contributed by atoms with Crippen molar-refractivity contribution in [3.63, 3.8) is 0 Å². The molecule has 1 saturated heterocycles. The third kappa shape index (κ3) is 2.98. The molecule has 6 nitrogen and oxygen atoms in total. The van der Waals surface area contributed by atoms with E-state index in [0.717, 1.165) is 53.7 Å². The molecule has 4 rings (SSSR count). The molecule has 1 aromatic carbocycles. The molecule has 0 spiro atoms. The monoisotopic (exact) mass is 338 g/mol. The normalized spacial score (nSPS) is 19.4. The summed E-state index contributed by atoms with van der Waals surface area (Å²) in [6.07, 6.45) is 1.44. The van der Waals surface area contributed by atoms with Gasteiger partial charge in [-0.05, 0) is 37.6 Å². The number of benzene rings is 1. The molecule has 0 saturated carbocycles. The zero-order chi connectivity index (χ0) is 17.4. The summed E-state index contributed by atoms with van der Waals surface area (Å²) in [7, 11) is 1.65. The molecule has 1 atom stereocenters. The number of carbonyl (C=O) groups excluding carboxylic acids is 1. The minimum Gasteiger partial charge on any atom is -0.497 e. The Balaban J connectivity index is 1.65. The van der Waals surface area contributed by atoms with Gasteiger partial charge < -0.3 is 10.1 Å². The zero-order valence-corrected chi connectivity index (χ0v) is 14.6. The molecule has 2 aliphatic rings. The fourth-order valence-electron chi connectivity index (χ4n) is 3.53. The summed E-state index contributed by atoms with van der Waals surface area (Å²) in [6, 6.07) is 7.80.